The molecule has 0 spiro atoms. The number of hydrogen-bond donors (Lipinski definition) is 3. The minimum atomic E-state index is -1.05. The van der Waals surface area contributed by atoms with Gasteiger partial charge < -0.3 is 20.5 Å². The van der Waals surface area contributed by atoms with E-state index in [2.05, 4.69) is 30.8 Å². The summed E-state index contributed by atoms with van der Waals surface area (Å²) in [6.45, 7) is 7.10. The molecule has 280 valence electrons. The molecule has 0 bridgehead atoms. The van der Waals surface area contributed by atoms with Crippen LogP contribution in [0.5, 0.6) is 5.75 Å². The Morgan fingerprint density at radius 1 is 0.673 bits per heavy atom. The summed E-state index contributed by atoms with van der Waals surface area (Å²) >= 11 is 0. The lowest BCUT2D eigenvalue weighted by Crippen LogP contribution is -2.28. The number of anilines is 4. The highest BCUT2D eigenvalue weighted by molar-refractivity contribution is 6.06. The summed E-state index contributed by atoms with van der Waals surface area (Å²) in [6, 6.07) is 20.0. The smallest absolute Gasteiger partial charge is 0.335 e. The molecule has 0 amide bonds. The molecule has 0 saturated heterocycles. The number of nitrogens with zero attached hydrogens (tertiary/aromatic N) is 6. The summed E-state index contributed by atoms with van der Waals surface area (Å²) in [5.74, 6) is -0.971. The van der Waals surface area contributed by atoms with Crippen LogP contribution in [0, 0.1) is 0 Å². The first-order valence-corrected chi connectivity index (χ1v) is 17.1. The number of carboxylic acid groups (broad SMARTS) is 1. The van der Waals surface area contributed by atoms with Gasteiger partial charge in [0.25, 0.3) is 11.1 Å². The van der Waals surface area contributed by atoms with Crippen molar-refractivity contribution in [2.45, 2.75) is 40.8 Å². The SMILES string of the molecule is CCn1nc(-c2ccncc2)c(C(C)=O)c(Nc2ccc(C(=O)O)cc2)c1=O.CCn1nc(-c2ccncc2)c(C(C)=O)c(Nc2cccc(OC)c2)c1=O. The number of benzene rings is 2. The van der Waals surface area contributed by atoms with Crippen molar-refractivity contribution in [3.8, 4) is 28.3 Å². The molecule has 0 radical (unpaired) electrons. The Morgan fingerprint density at radius 3 is 1.53 bits per heavy atom. The highest BCUT2D eigenvalue weighted by Crippen LogP contribution is 2.29. The van der Waals surface area contributed by atoms with Gasteiger partial charge in [-0.25, -0.2) is 14.2 Å². The van der Waals surface area contributed by atoms with Crippen LogP contribution in [0.2, 0.25) is 0 Å². The minimum absolute atomic E-state index is 0.0965. The number of pyridine rings is 2. The van der Waals surface area contributed by atoms with Crippen LogP contribution < -0.4 is 26.5 Å². The number of ether oxygens (including phenoxy) is 1. The van der Waals surface area contributed by atoms with E-state index in [0.717, 1.165) is 0 Å². The van der Waals surface area contributed by atoms with Gasteiger partial charge in [-0.05, 0) is 88.4 Å². The van der Waals surface area contributed by atoms with Gasteiger partial charge in [0, 0.05) is 66.4 Å². The number of hydrogen-bond acceptors (Lipinski definition) is 12. The number of carbonyl (C=O) groups is 3. The average Bonchev–Trinajstić information content (AvgIpc) is 3.20. The molecule has 15 heteroatoms. The van der Waals surface area contributed by atoms with Crippen molar-refractivity contribution in [1.82, 2.24) is 29.5 Å². The van der Waals surface area contributed by atoms with Crippen molar-refractivity contribution in [3.05, 3.63) is 135 Å². The molecule has 2 aromatic carbocycles. The van der Waals surface area contributed by atoms with Crippen LogP contribution in [0.15, 0.2) is 107 Å². The molecule has 0 aliphatic heterocycles. The number of nitrogens with one attached hydrogen (secondary N) is 2. The van der Waals surface area contributed by atoms with Gasteiger partial charge in [0.15, 0.2) is 11.6 Å². The van der Waals surface area contributed by atoms with E-state index in [1.807, 2.05) is 6.92 Å². The van der Waals surface area contributed by atoms with Crippen LogP contribution in [0.25, 0.3) is 22.5 Å². The van der Waals surface area contributed by atoms with Crippen LogP contribution in [-0.4, -0.2) is 59.3 Å². The number of rotatable bonds is 12. The summed E-state index contributed by atoms with van der Waals surface area (Å²) in [7, 11) is 1.57. The number of Topliss-reactive ketones (excluding diaryl/α,β-unsaturated/α-hetero) is 2. The van der Waals surface area contributed by atoms with Crippen molar-refractivity contribution < 1.29 is 24.2 Å². The van der Waals surface area contributed by atoms with Crippen LogP contribution in [0.3, 0.4) is 0 Å². The first-order valence-electron chi connectivity index (χ1n) is 17.1. The molecule has 15 nitrogen and oxygen atoms in total. The number of carboxylic acids is 1. The van der Waals surface area contributed by atoms with Crippen molar-refractivity contribution in [2.75, 3.05) is 17.7 Å². The van der Waals surface area contributed by atoms with E-state index in [1.54, 1.807) is 87.4 Å². The van der Waals surface area contributed by atoms with Gasteiger partial charge in [-0.3, -0.25) is 29.1 Å². The summed E-state index contributed by atoms with van der Waals surface area (Å²) in [5.41, 5.74) is 3.35. The topological polar surface area (TPSA) is 200 Å². The van der Waals surface area contributed by atoms with Gasteiger partial charge in [0.05, 0.1) is 23.8 Å². The molecule has 55 heavy (non-hydrogen) atoms. The van der Waals surface area contributed by atoms with Gasteiger partial charge in [0.1, 0.15) is 28.5 Å². The Morgan fingerprint density at radius 2 is 1.13 bits per heavy atom. The average molecular weight is 743 g/mol. The molecule has 0 aliphatic carbocycles. The molecule has 0 unspecified atom stereocenters. The third-order valence-corrected chi connectivity index (χ3v) is 8.26. The zero-order valence-electron chi connectivity index (χ0n) is 30.7. The quantitative estimate of drug-likeness (QED) is 0.119. The second kappa shape index (κ2) is 17.5. The standard InChI is InChI=1S/C20H18N4O4.C20H20N4O3/c1-3-24-19(26)18(22-15-6-4-14(5-7-15)20(27)28)16(12(2)25)17(23-24)13-8-10-21-11-9-13;1-4-24-20(26)19(22-15-6-5-7-16(12-15)27-3)17(13(2)25)18(23-24)14-8-10-21-11-9-14/h4-11,22H,3H2,1-2H3,(H,27,28);5-12,22H,4H2,1-3H3. The Kier molecular flexibility index (Phi) is 12.4. The first-order chi connectivity index (χ1) is 26.5. The molecule has 0 fully saturated rings. The lowest BCUT2D eigenvalue weighted by atomic mass is 10.0. The molecule has 0 aliphatic rings. The number of aryl methyl sites for hydroxylation is 2. The molecule has 3 N–H and O–H groups in total. The van der Waals surface area contributed by atoms with Crippen LogP contribution >= 0.6 is 0 Å². The van der Waals surface area contributed by atoms with Crippen LogP contribution in [0.1, 0.15) is 58.8 Å². The maximum atomic E-state index is 12.9. The fraction of sp³-hybridized carbons (Fsp3) is 0.175. The molecule has 4 heterocycles. The number of aromatic nitrogens is 6. The maximum Gasteiger partial charge on any atom is 0.335 e. The Labute approximate surface area is 315 Å². The predicted octanol–water partition coefficient (Wildman–Crippen LogP) is 6.25. The van der Waals surface area contributed by atoms with Gasteiger partial charge in [-0.1, -0.05) is 6.07 Å². The highest BCUT2D eigenvalue weighted by atomic mass is 16.5. The molecule has 4 aromatic heterocycles. The second-order valence-electron chi connectivity index (χ2n) is 11.9. The second-order valence-corrected chi connectivity index (χ2v) is 11.9. The fourth-order valence-corrected chi connectivity index (χ4v) is 5.60. The Balaban J connectivity index is 0.000000211. The molecule has 0 saturated carbocycles. The van der Waals surface area contributed by atoms with Crippen LogP contribution in [0.4, 0.5) is 22.7 Å². The van der Waals surface area contributed by atoms with E-state index < -0.39 is 11.5 Å². The molecule has 6 rings (SSSR count). The largest absolute Gasteiger partial charge is 0.497 e. The number of aromatic carboxylic acids is 1. The Hall–Kier alpha value is -7.29. The fourth-order valence-electron chi connectivity index (χ4n) is 5.60. The molecular formula is C40H38N8O7. The van der Waals surface area contributed by atoms with Gasteiger partial charge >= 0.3 is 5.97 Å². The van der Waals surface area contributed by atoms with E-state index in [4.69, 9.17) is 9.84 Å². The maximum absolute atomic E-state index is 12.9. The molecule has 6 aromatic rings. The third-order valence-electron chi connectivity index (χ3n) is 8.26. The van der Waals surface area contributed by atoms with E-state index >= 15 is 0 Å². The summed E-state index contributed by atoms with van der Waals surface area (Å²) < 4.78 is 7.84. The van der Waals surface area contributed by atoms with Crippen molar-refractivity contribution >= 4 is 40.3 Å². The summed E-state index contributed by atoms with van der Waals surface area (Å²) in [6.07, 6.45) is 6.41. The van der Waals surface area contributed by atoms with E-state index in [-0.39, 0.29) is 45.2 Å². The third kappa shape index (κ3) is 8.85. The lowest BCUT2D eigenvalue weighted by Gasteiger charge is -2.16. The highest BCUT2D eigenvalue weighted by Gasteiger charge is 2.23. The molecule has 0 atom stereocenters. The van der Waals surface area contributed by atoms with E-state index in [0.29, 0.717) is 52.7 Å². The van der Waals surface area contributed by atoms with Crippen LogP contribution in [-0.2, 0) is 13.1 Å². The van der Waals surface area contributed by atoms with E-state index in [1.165, 1.54) is 47.5 Å². The number of methoxy groups -OCH3 is 1. The van der Waals surface area contributed by atoms with Crippen molar-refractivity contribution in [1.29, 1.82) is 0 Å². The first kappa shape index (κ1) is 38.9. The zero-order valence-corrected chi connectivity index (χ0v) is 30.7. The predicted molar refractivity (Wildman–Crippen MR) is 208 cm³/mol. The van der Waals surface area contributed by atoms with Gasteiger partial charge in [0.2, 0.25) is 0 Å². The van der Waals surface area contributed by atoms with Gasteiger partial charge in [-0.2, -0.15) is 10.2 Å². The normalized spacial score (nSPS) is 10.5. The van der Waals surface area contributed by atoms with Gasteiger partial charge in [-0.15, -0.1) is 0 Å². The number of ketones is 2. The van der Waals surface area contributed by atoms with Crippen molar-refractivity contribution in [3.63, 3.8) is 0 Å². The zero-order chi connectivity index (χ0) is 39.6. The summed E-state index contributed by atoms with van der Waals surface area (Å²) in [5, 5.41) is 23.9. The Bertz CT molecular complexity index is 2470. The minimum Gasteiger partial charge on any atom is -0.497 e. The summed E-state index contributed by atoms with van der Waals surface area (Å²) in [4.78, 5) is 69.7. The monoisotopic (exact) mass is 742 g/mol. The van der Waals surface area contributed by atoms with Crippen molar-refractivity contribution in [2.24, 2.45) is 0 Å². The number of carbonyl (C=O) groups excluding carboxylic acids is 2. The lowest BCUT2D eigenvalue weighted by molar-refractivity contribution is 0.0696. The van der Waals surface area contributed by atoms with E-state index in [9.17, 15) is 24.0 Å². The molecular weight excluding hydrogens is 704 g/mol.